The van der Waals surface area contributed by atoms with E-state index in [9.17, 15) is 18.3 Å². The quantitative estimate of drug-likeness (QED) is 0.920. The second-order valence-corrected chi connectivity index (χ2v) is 4.43. The van der Waals surface area contributed by atoms with Crippen LogP contribution in [0.3, 0.4) is 0 Å². The second-order valence-electron chi connectivity index (χ2n) is 4.02. The lowest BCUT2D eigenvalue weighted by Gasteiger charge is -2.19. The van der Waals surface area contributed by atoms with E-state index in [-0.39, 0.29) is 16.3 Å². The average Bonchev–Trinajstić information content (AvgIpc) is 2.73. The molecule has 0 spiro atoms. The molecule has 0 fully saturated rings. The van der Waals surface area contributed by atoms with E-state index in [1.807, 2.05) is 0 Å². The minimum atomic E-state index is -4.76. The van der Waals surface area contributed by atoms with E-state index in [0.29, 0.717) is 5.69 Å². The zero-order valence-electron chi connectivity index (χ0n) is 9.82. The molecule has 0 bridgehead atoms. The standard InChI is InChI=1S/C12H10ClF3N2O/c1-7-5-6-18(17-7)10-8(3-2-4-9(10)13)11(19)12(14,15)16/h2-6,11,19H,1H3/t11-/m1/s1. The first-order valence-corrected chi connectivity index (χ1v) is 5.74. The number of benzene rings is 1. The molecule has 1 aromatic carbocycles. The van der Waals surface area contributed by atoms with Gasteiger partial charge in [0, 0.05) is 11.8 Å². The molecule has 1 heterocycles. The zero-order chi connectivity index (χ0) is 14.2. The van der Waals surface area contributed by atoms with E-state index in [4.69, 9.17) is 11.6 Å². The summed E-state index contributed by atoms with van der Waals surface area (Å²) in [5.74, 6) is 0. The smallest absolute Gasteiger partial charge is 0.379 e. The summed E-state index contributed by atoms with van der Waals surface area (Å²) in [6.07, 6.45) is -5.88. The van der Waals surface area contributed by atoms with E-state index in [2.05, 4.69) is 5.10 Å². The first-order valence-electron chi connectivity index (χ1n) is 5.36. The summed E-state index contributed by atoms with van der Waals surface area (Å²) >= 11 is 5.93. The fourth-order valence-electron chi connectivity index (χ4n) is 1.71. The highest BCUT2D eigenvalue weighted by Crippen LogP contribution is 2.37. The van der Waals surface area contributed by atoms with Crippen LogP contribution in [0.25, 0.3) is 5.69 Å². The summed E-state index contributed by atoms with van der Waals surface area (Å²) in [5.41, 5.74) is 0.331. The minimum Gasteiger partial charge on any atom is -0.379 e. The molecule has 19 heavy (non-hydrogen) atoms. The molecular formula is C12H10ClF3N2O. The van der Waals surface area contributed by atoms with Crippen LogP contribution >= 0.6 is 11.6 Å². The highest BCUT2D eigenvalue weighted by Gasteiger charge is 2.41. The molecule has 0 saturated heterocycles. The molecule has 2 aromatic rings. The van der Waals surface area contributed by atoms with Crippen LogP contribution in [-0.2, 0) is 0 Å². The molecule has 0 amide bonds. The van der Waals surface area contributed by atoms with Crippen LogP contribution in [0.5, 0.6) is 0 Å². The third kappa shape index (κ3) is 2.74. The van der Waals surface area contributed by atoms with Crippen LogP contribution in [0.2, 0.25) is 5.02 Å². The zero-order valence-corrected chi connectivity index (χ0v) is 10.6. The Bertz CT molecular complexity index is 595. The summed E-state index contributed by atoms with van der Waals surface area (Å²) in [6.45, 7) is 1.70. The van der Waals surface area contributed by atoms with Gasteiger partial charge in [-0.3, -0.25) is 0 Å². The Balaban J connectivity index is 2.60. The van der Waals surface area contributed by atoms with Gasteiger partial charge in [0.2, 0.25) is 0 Å². The molecule has 1 aromatic heterocycles. The summed E-state index contributed by atoms with van der Waals surface area (Å²) in [4.78, 5) is 0. The lowest BCUT2D eigenvalue weighted by Crippen LogP contribution is -2.22. The van der Waals surface area contributed by atoms with Gasteiger partial charge in [-0.1, -0.05) is 23.7 Å². The van der Waals surface area contributed by atoms with Gasteiger partial charge < -0.3 is 5.11 Å². The molecular weight excluding hydrogens is 281 g/mol. The monoisotopic (exact) mass is 290 g/mol. The Labute approximate surface area is 112 Å². The van der Waals surface area contributed by atoms with Crippen molar-refractivity contribution in [1.82, 2.24) is 9.78 Å². The van der Waals surface area contributed by atoms with Crippen LogP contribution in [0, 0.1) is 6.92 Å². The number of aliphatic hydroxyl groups is 1. The van der Waals surface area contributed by atoms with E-state index in [0.717, 1.165) is 0 Å². The number of halogens is 4. The Morgan fingerprint density at radius 2 is 2.00 bits per heavy atom. The number of alkyl halides is 3. The van der Waals surface area contributed by atoms with Crippen LogP contribution in [-0.4, -0.2) is 21.1 Å². The number of para-hydroxylation sites is 1. The molecule has 1 atom stereocenters. The van der Waals surface area contributed by atoms with Crippen molar-refractivity contribution in [2.75, 3.05) is 0 Å². The number of nitrogens with zero attached hydrogens (tertiary/aromatic N) is 2. The molecule has 7 heteroatoms. The van der Waals surface area contributed by atoms with Gasteiger partial charge >= 0.3 is 6.18 Å². The van der Waals surface area contributed by atoms with Gasteiger partial charge in [-0.15, -0.1) is 0 Å². The van der Waals surface area contributed by atoms with E-state index in [1.54, 1.807) is 13.0 Å². The van der Waals surface area contributed by atoms with Crippen LogP contribution in [0.15, 0.2) is 30.5 Å². The van der Waals surface area contributed by atoms with Gasteiger partial charge in [0.25, 0.3) is 0 Å². The highest BCUT2D eigenvalue weighted by atomic mass is 35.5. The maximum atomic E-state index is 12.6. The first-order chi connectivity index (χ1) is 8.80. The molecule has 2 rings (SSSR count). The molecule has 0 unspecified atom stereocenters. The minimum absolute atomic E-state index is 0.0297. The van der Waals surface area contributed by atoms with Crippen LogP contribution in [0.1, 0.15) is 17.4 Å². The van der Waals surface area contributed by atoms with Crippen molar-refractivity contribution in [2.24, 2.45) is 0 Å². The van der Waals surface area contributed by atoms with Gasteiger partial charge in [-0.05, 0) is 19.1 Å². The molecule has 1 N–H and O–H groups in total. The molecule has 0 aliphatic rings. The van der Waals surface area contributed by atoms with Crippen molar-refractivity contribution in [3.8, 4) is 5.69 Å². The number of aryl methyl sites for hydroxylation is 1. The maximum absolute atomic E-state index is 12.6. The normalized spacial score (nSPS) is 13.6. The van der Waals surface area contributed by atoms with Crippen molar-refractivity contribution in [3.05, 3.63) is 46.7 Å². The summed E-state index contributed by atoms with van der Waals surface area (Å²) in [7, 11) is 0. The highest BCUT2D eigenvalue weighted by molar-refractivity contribution is 6.32. The van der Waals surface area contributed by atoms with Crippen molar-refractivity contribution in [2.45, 2.75) is 19.2 Å². The number of aromatic nitrogens is 2. The Hall–Kier alpha value is -1.53. The average molecular weight is 291 g/mol. The predicted molar refractivity (Wildman–Crippen MR) is 64.3 cm³/mol. The van der Waals surface area contributed by atoms with Gasteiger partial charge in [0.05, 0.1) is 16.4 Å². The lowest BCUT2D eigenvalue weighted by molar-refractivity contribution is -0.206. The molecule has 0 saturated carbocycles. The van der Waals surface area contributed by atoms with Crippen molar-refractivity contribution in [3.63, 3.8) is 0 Å². The van der Waals surface area contributed by atoms with E-state index >= 15 is 0 Å². The molecule has 0 aliphatic carbocycles. The molecule has 3 nitrogen and oxygen atoms in total. The largest absolute Gasteiger partial charge is 0.418 e. The third-order valence-corrected chi connectivity index (χ3v) is 2.88. The number of rotatable bonds is 2. The SMILES string of the molecule is Cc1ccn(-c2c(Cl)cccc2[C@@H](O)C(F)(F)F)n1. The van der Waals surface area contributed by atoms with Gasteiger partial charge in [0.15, 0.2) is 6.10 Å². The van der Waals surface area contributed by atoms with Crippen LogP contribution in [0.4, 0.5) is 13.2 Å². The predicted octanol–water partition coefficient (Wildman–Crippen LogP) is 3.43. The van der Waals surface area contributed by atoms with Crippen molar-refractivity contribution < 1.29 is 18.3 Å². The topological polar surface area (TPSA) is 38.0 Å². The first kappa shape index (κ1) is 13.9. The molecule has 0 aliphatic heterocycles. The second kappa shape index (κ2) is 4.86. The fraction of sp³-hybridized carbons (Fsp3) is 0.250. The van der Waals surface area contributed by atoms with Gasteiger partial charge in [0.1, 0.15) is 0 Å². The van der Waals surface area contributed by atoms with E-state index < -0.39 is 12.3 Å². The molecule has 102 valence electrons. The van der Waals surface area contributed by atoms with Crippen molar-refractivity contribution in [1.29, 1.82) is 0 Å². The third-order valence-electron chi connectivity index (χ3n) is 2.57. The Kier molecular flexibility index (Phi) is 3.56. The van der Waals surface area contributed by atoms with Crippen molar-refractivity contribution >= 4 is 11.6 Å². The summed E-state index contributed by atoms with van der Waals surface area (Å²) < 4.78 is 39.2. The number of hydrogen-bond donors (Lipinski definition) is 1. The van der Waals surface area contributed by atoms with Crippen LogP contribution < -0.4 is 0 Å². The van der Waals surface area contributed by atoms with E-state index in [1.165, 1.54) is 29.1 Å². The molecule has 0 radical (unpaired) electrons. The Morgan fingerprint density at radius 3 is 2.53 bits per heavy atom. The number of aliphatic hydroxyl groups excluding tert-OH is 1. The fourth-order valence-corrected chi connectivity index (χ4v) is 1.98. The summed E-state index contributed by atoms with van der Waals surface area (Å²) in [6, 6.07) is 5.61. The summed E-state index contributed by atoms with van der Waals surface area (Å²) in [5, 5.41) is 13.5. The van der Waals surface area contributed by atoms with Gasteiger partial charge in [-0.25, -0.2) is 4.68 Å². The lowest BCUT2D eigenvalue weighted by atomic mass is 10.1. The maximum Gasteiger partial charge on any atom is 0.418 e. The van der Waals surface area contributed by atoms with Gasteiger partial charge in [-0.2, -0.15) is 18.3 Å². The number of hydrogen-bond acceptors (Lipinski definition) is 2. The Morgan fingerprint density at radius 1 is 1.32 bits per heavy atom.